The van der Waals surface area contributed by atoms with E-state index in [0.29, 0.717) is 11.5 Å². The largest absolute Gasteiger partial charge is 0.487 e. The van der Waals surface area contributed by atoms with E-state index in [2.05, 4.69) is 19.2 Å². The van der Waals surface area contributed by atoms with Crippen LogP contribution >= 0.6 is 0 Å². The molecule has 0 aliphatic carbocycles. The van der Waals surface area contributed by atoms with Crippen molar-refractivity contribution in [1.82, 2.24) is 5.32 Å². The molecule has 0 fully saturated rings. The fraction of sp³-hybridized carbons (Fsp3) is 0.409. The Morgan fingerprint density at radius 3 is 2.44 bits per heavy atom. The average molecular weight is 367 g/mol. The monoisotopic (exact) mass is 367 g/mol. The zero-order valence-electron chi connectivity index (χ0n) is 15.7. The second-order valence-corrected chi connectivity index (χ2v) is 7.16. The van der Waals surface area contributed by atoms with E-state index < -0.39 is 6.10 Å². The molecule has 2 atom stereocenters. The van der Waals surface area contributed by atoms with Gasteiger partial charge in [0, 0.05) is 12.0 Å². The maximum absolute atomic E-state index is 12.9. The minimum atomic E-state index is -0.660. The van der Waals surface area contributed by atoms with E-state index >= 15 is 0 Å². The van der Waals surface area contributed by atoms with E-state index in [1.807, 2.05) is 48.5 Å². The van der Waals surface area contributed by atoms with Crippen molar-refractivity contribution < 1.29 is 19.0 Å². The highest BCUT2D eigenvalue weighted by molar-refractivity contribution is 5.82. The van der Waals surface area contributed by atoms with Crippen molar-refractivity contribution in [1.29, 1.82) is 0 Å². The molecule has 5 nitrogen and oxygen atoms in total. The first-order chi connectivity index (χ1) is 13.1. The van der Waals surface area contributed by atoms with Crippen molar-refractivity contribution in [3.63, 3.8) is 0 Å². The lowest BCUT2D eigenvalue weighted by Crippen LogP contribution is -2.49. The summed E-state index contributed by atoms with van der Waals surface area (Å²) < 4.78 is 17.9. The number of para-hydroxylation sites is 3. The Labute approximate surface area is 159 Å². The van der Waals surface area contributed by atoms with E-state index in [-0.39, 0.29) is 24.2 Å². The summed E-state index contributed by atoms with van der Waals surface area (Å²) in [6.45, 7) is 4.47. The Bertz CT molecular complexity index is 831. The third-order valence-corrected chi connectivity index (χ3v) is 5.60. The van der Waals surface area contributed by atoms with Gasteiger partial charge in [-0.05, 0) is 31.0 Å². The van der Waals surface area contributed by atoms with Crippen LogP contribution in [0.2, 0.25) is 0 Å². The predicted molar refractivity (Wildman–Crippen MR) is 102 cm³/mol. The normalized spacial score (nSPS) is 22.3. The number of ether oxygens (including phenoxy) is 3. The molecule has 4 rings (SSSR count). The summed E-state index contributed by atoms with van der Waals surface area (Å²) in [7, 11) is 0. The van der Waals surface area contributed by atoms with E-state index in [1.165, 1.54) is 0 Å². The van der Waals surface area contributed by atoms with Crippen LogP contribution in [0.15, 0.2) is 48.5 Å². The Morgan fingerprint density at radius 2 is 1.70 bits per heavy atom. The van der Waals surface area contributed by atoms with Crippen molar-refractivity contribution in [3.05, 3.63) is 54.1 Å². The van der Waals surface area contributed by atoms with Gasteiger partial charge in [-0.25, -0.2) is 0 Å². The van der Waals surface area contributed by atoms with Crippen LogP contribution in [0.5, 0.6) is 17.2 Å². The van der Waals surface area contributed by atoms with Crippen LogP contribution in [-0.2, 0) is 4.79 Å². The van der Waals surface area contributed by atoms with E-state index in [9.17, 15) is 4.79 Å². The Morgan fingerprint density at radius 1 is 1.04 bits per heavy atom. The molecule has 0 aromatic heterocycles. The van der Waals surface area contributed by atoms with Gasteiger partial charge in [-0.2, -0.15) is 0 Å². The van der Waals surface area contributed by atoms with Gasteiger partial charge in [0.25, 0.3) is 5.91 Å². The number of rotatable bonds is 4. The van der Waals surface area contributed by atoms with Crippen molar-refractivity contribution >= 4 is 5.91 Å². The van der Waals surface area contributed by atoms with Crippen LogP contribution in [0.25, 0.3) is 0 Å². The summed E-state index contributed by atoms with van der Waals surface area (Å²) in [6.07, 6.45) is 1.86. The number of nitrogens with one attached hydrogen (secondary N) is 1. The van der Waals surface area contributed by atoms with Gasteiger partial charge in [0.15, 0.2) is 11.5 Å². The van der Waals surface area contributed by atoms with Gasteiger partial charge in [-0.15, -0.1) is 0 Å². The molecule has 0 radical (unpaired) electrons. The molecule has 1 amide bonds. The lowest BCUT2D eigenvalue weighted by molar-refractivity contribution is -0.131. The number of amides is 1. The standard InChI is InChI=1S/C22H25NO4/c1-3-22(4-2)13-16(15-9-5-6-10-17(15)27-22)23-21(24)20-14-25-18-11-7-8-12-19(18)26-20/h5-12,16,20H,3-4,13-14H2,1-2H3,(H,23,24)/t16-,20-/m0/s1. The van der Waals surface area contributed by atoms with Crippen LogP contribution in [0, 0.1) is 0 Å². The minimum absolute atomic E-state index is 0.108. The third kappa shape index (κ3) is 3.34. The number of carbonyl (C=O) groups excluding carboxylic acids is 1. The first-order valence-electron chi connectivity index (χ1n) is 9.61. The fourth-order valence-electron chi connectivity index (χ4n) is 3.84. The zero-order valence-corrected chi connectivity index (χ0v) is 15.7. The van der Waals surface area contributed by atoms with Gasteiger partial charge in [0.1, 0.15) is 18.0 Å². The van der Waals surface area contributed by atoms with Gasteiger partial charge in [0.2, 0.25) is 6.10 Å². The minimum Gasteiger partial charge on any atom is -0.487 e. The van der Waals surface area contributed by atoms with Crippen molar-refractivity contribution in [2.75, 3.05) is 6.61 Å². The number of hydrogen-bond acceptors (Lipinski definition) is 4. The summed E-state index contributed by atoms with van der Waals surface area (Å²) in [6, 6.07) is 15.2. The first kappa shape index (κ1) is 17.7. The highest BCUT2D eigenvalue weighted by Gasteiger charge is 2.40. The lowest BCUT2D eigenvalue weighted by atomic mass is 9.83. The van der Waals surface area contributed by atoms with Crippen molar-refractivity contribution in [2.45, 2.75) is 50.9 Å². The second-order valence-electron chi connectivity index (χ2n) is 7.16. The van der Waals surface area contributed by atoms with Gasteiger partial charge < -0.3 is 19.5 Å². The second kappa shape index (κ2) is 7.14. The smallest absolute Gasteiger partial charge is 0.265 e. The van der Waals surface area contributed by atoms with Crippen LogP contribution in [0.4, 0.5) is 0 Å². The fourth-order valence-corrected chi connectivity index (χ4v) is 3.84. The molecule has 5 heteroatoms. The Balaban J connectivity index is 1.54. The molecule has 2 aliphatic heterocycles. The molecule has 2 aromatic rings. The molecule has 27 heavy (non-hydrogen) atoms. The summed E-state index contributed by atoms with van der Waals surface area (Å²) in [4.78, 5) is 12.9. The van der Waals surface area contributed by atoms with Gasteiger partial charge >= 0.3 is 0 Å². The molecule has 2 heterocycles. The maximum atomic E-state index is 12.9. The Kier molecular flexibility index (Phi) is 4.68. The highest BCUT2D eigenvalue weighted by Crippen LogP contribution is 2.42. The van der Waals surface area contributed by atoms with Crippen LogP contribution in [0.1, 0.15) is 44.7 Å². The van der Waals surface area contributed by atoms with Crippen LogP contribution in [0.3, 0.4) is 0 Å². The molecule has 2 aromatic carbocycles. The number of carbonyl (C=O) groups is 1. The van der Waals surface area contributed by atoms with Crippen LogP contribution < -0.4 is 19.5 Å². The number of benzene rings is 2. The summed E-state index contributed by atoms with van der Waals surface area (Å²) in [5.74, 6) is 1.97. The topological polar surface area (TPSA) is 56.8 Å². The Hall–Kier alpha value is -2.69. The summed E-state index contributed by atoms with van der Waals surface area (Å²) >= 11 is 0. The molecule has 0 bridgehead atoms. The highest BCUT2D eigenvalue weighted by atomic mass is 16.6. The van der Waals surface area contributed by atoms with E-state index in [1.54, 1.807) is 0 Å². The first-order valence-corrected chi connectivity index (χ1v) is 9.61. The molecule has 0 saturated heterocycles. The molecule has 142 valence electrons. The van der Waals surface area contributed by atoms with Gasteiger partial charge in [-0.1, -0.05) is 44.2 Å². The zero-order chi connectivity index (χ0) is 18.9. The molecule has 0 saturated carbocycles. The third-order valence-electron chi connectivity index (χ3n) is 5.60. The molecular formula is C22H25NO4. The molecular weight excluding hydrogens is 342 g/mol. The van der Waals surface area contributed by atoms with Crippen molar-refractivity contribution in [3.8, 4) is 17.2 Å². The van der Waals surface area contributed by atoms with Gasteiger partial charge in [-0.3, -0.25) is 4.79 Å². The predicted octanol–water partition coefficient (Wildman–Crippen LogP) is 4.03. The lowest BCUT2D eigenvalue weighted by Gasteiger charge is -2.42. The van der Waals surface area contributed by atoms with E-state index in [4.69, 9.17) is 14.2 Å². The molecule has 0 unspecified atom stereocenters. The molecule has 1 N–H and O–H groups in total. The van der Waals surface area contributed by atoms with Crippen LogP contribution in [-0.4, -0.2) is 24.2 Å². The number of fused-ring (bicyclic) bond motifs is 2. The molecule has 0 spiro atoms. The van der Waals surface area contributed by atoms with E-state index in [0.717, 1.165) is 30.6 Å². The summed E-state index contributed by atoms with van der Waals surface area (Å²) in [5, 5.41) is 3.18. The average Bonchev–Trinajstić information content (AvgIpc) is 2.73. The quantitative estimate of drug-likeness (QED) is 0.887. The SMILES string of the molecule is CCC1(CC)C[C@H](NC(=O)[C@@H]2COc3ccccc3O2)c2ccccc2O1. The number of hydrogen-bond donors (Lipinski definition) is 1. The van der Waals surface area contributed by atoms with Crippen molar-refractivity contribution in [2.24, 2.45) is 0 Å². The van der Waals surface area contributed by atoms with Gasteiger partial charge in [0.05, 0.1) is 6.04 Å². The summed E-state index contributed by atoms with van der Waals surface area (Å²) in [5.41, 5.74) is 0.753. The molecule has 2 aliphatic rings. The maximum Gasteiger partial charge on any atom is 0.265 e.